The lowest BCUT2D eigenvalue weighted by Gasteiger charge is -2.12. The van der Waals surface area contributed by atoms with Gasteiger partial charge in [0.25, 0.3) is 0 Å². The first-order chi connectivity index (χ1) is 10.3. The second kappa shape index (κ2) is 7.00. The number of benzene rings is 1. The largest absolute Gasteiger partial charge is 0.494 e. The summed E-state index contributed by atoms with van der Waals surface area (Å²) in [4.78, 5) is 0. The van der Waals surface area contributed by atoms with E-state index in [1.54, 1.807) is 0 Å². The van der Waals surface area contributed by atoms with Crippen LogP contribution in [0.4, 0.5) is 0 Å². The second-order valence-electron chi connectivity index (χ2n) is 5.26. The fraction of sp³-hybridized carbons (Fsp3) is 0.625. The smallest absolute Gasteiger partial charge is 0.126 e. The molecule has 2 atom stereocenters. The van der Waals surface area contributed by atoms with E-state index >= 15 is 0 Å². The summed E-state index contributed by atoms with van der Waals surface area (Å²) in [5, 5.41) is 0. The second-order valence-corrected chi connectivity index (χ2v) is 5.26. The van der Waals surface area contributed by atoms with Gasteiger partial charge in [0, 0.05) is 31.0 Å². The van der Waals surface area contributed by atoms with Crippen molar-refractivity contribution in [1.82, 2.24) is 0 Å². The lowest BCUT2D eigenvalue weighted by atomic mass is 10.3. The van der Waals surface area contributed by atoms with Gasteiger partial charge in [-0.05, 0) is 6.92 Å². The van der Waals surface area contributed by atoms with Gasteiger partial charge in [-0.25, -0.2) is 0 Å². The summed E-state index contributed by atoms with van der Waals surface area (Å²) >= 11 is 0. The van der Waals surface area contributed by atoms with E-state index in [-0.39, 0.29) is 0 Å². The molecule has 2 fully saturated rings. The Morgan fingerprint density at radius 2 is 1.29 bits per heavy atom. The Morgan fingerprint density at radius 1 is 0.857 bits per heavy atom. The van der Waals surface area contributed by atoms with Crippen molar-refractivity contribution in [3.63, 3.8) is 0 Å². The minimum atomic E-state index is 0.384. The third-order valence-electron chi connectivity index (χ3n) is 3.39. The molecule has 2 saturated heterocycles. The van der Waals surface area contributed by atoms with Gasteiger partial charge in [-0.1, -0.05) is 0 Å². The van der Waals surface area contributed by atoms with Crippen molar-refractivity contribution in [3.05, 3.63) is 18.2 Å². The van der Waals surface area contributed by atoms with Crippen molar-refractivity contribution in [2.75, 3.05) is 33.0 Å². The zero-order valence-corrected chi connectivity index (χ0v) is 12.4. The molecule has 5 heteroatoms. The molecule has 0 N–H and O–H groups in total. The predicted octanol–water partition coefficient (Wildman–Crippen LogP) is 2.42. The molecule has 1 aromatic rings. The maximum atomic E-state index is 5.76. The highest BCUT2D eigenvalue weighted by molar-refractivity contribution is 5.42. The van der Waals surface area contributed by atoms with Crippen molar-refractivity contribution < 1.29 is 23.7 Å². The van der Waals surface area contributed by atoms with Gasteiger partial charge in [-0.2, -0.15) is 0 Å². The van der Waals surface area contributed by atoms with E-state index in [0.29, 0.717) is 32.0 Å². The molecule has 0 amide bonds. The van der Waals surface area contributed by atoms with Crippen LogP contribution in [0.5, 0.6) is 17.2 Å². The number of ether oxygens (including phenoxy) is 5. The first-order valence-corrected chi connectivity index (χ1v) is 7.60. The molecule has 3 rings (SSSR count). The molecule has 1 aromatic carbocycles. The summed E-state index contributed by atoms with van der Waals surface area (Å²) in [6, 6.07) is 5.70. The van der Waals surface area contributed by atoms with E-state index in [0.717, 1.165) is 43.3 Å². The Labute approximate surface area is 125 Å². The molecule has 2 unspecified atom stereocenters. The van der Waals surface area contributed by atoms with E-state index in [1.165, 1.54) is 0 Å². The van der Waals surface area contributed by atoms with Crippen LogP contribution in [0.15, 0.2) is 18.2 Å². The molecule has 0 radical (unpaired) electrons. The van der Waals surface area contributed by atoms with Crippen LogP contribution in [-0.4, -0.2) is 45.2 Å². The lowest BCUT2D eigenvalue weighted by Crippen LogP contribution is -2.04. The molecule has 2 heterocycles. The third kappa shape index (κ3) is 5.10. The molecule has 0 aromatic heterocycles. The van der Waals surface area contributed by atoms with Crippen molar-refractivity contribution in [2.24, 2.45) is 0 Å². The van der Waals surface area contributed by atoms with Gasteiger partial charge in [-0.3, -0.25) is 0 Å². The van der Waals surface area contributed by atoms with Gasteiger partial charge in [-0.15, -0.1) is 0 Å². The molecule has 21 heavy (non-hydrogen) atoms. The van der Waals surface area contributed by atoms with E-state index in [1.807, 2.05) is 25.1 Å². The average Bonchev–Trinajstić information content (AvgIpc) is 3.34. The fourth-order valence-corrected chi connectivity index (χ4v) is 2.05. The molecule has 0 spiro atoms. The highest BCUT2D eigenvalue weighted by Crippen LogP contribution is 2.29. The maximum absolute atomic E-state index is 5.76. The molecule has 116 valence electrons. The van der Waals surface area contributed by atoms with Crippen LogP contribution in [0.25, 0.3) is 0 Å². The molecule has 2 aliphatic rings. The molecule has 0 aliphatic carbocycles. The highest BCUT2D eigenvalue weighted by Gasteiger charge is 2.22. The van der Waals surface area contributed by atoms with Crippen molar-refractivity contribution in [2.45, 2.75) is 32.0 Å². The van der Waals surface area contributed by atoms with E-state index in [2.05, 4.69) is 0 Å². The summed E-state index contributed by atoms with van der Waals surface area (Å²) in [5.41, 5.74) is 0. The SMILES string of the molecule is CCOc1cc(OCCC2CO2)cc(OCCC2CO2)c1. The monoisotopic (exact) mass is 294 g/mol. The van der Waals surface area contributed by atoms with Gasteiger partial charge in [0.2, 0.25) is 0 Å². The molecular weight excluding hydrogens is 272 g/mol. The minimum absolute atomic E-state index is 0.384. The number of hydrogen-bond acceptors (Lipinski definition) is 5. The van der Waals surface area contributed by atoms with Gasteiger partial charge < -0.3 is 23.7 Å². The van der Waals surface area contributed by atoms with Gasteiger partial charge in [0.05, 0.1) is 45.2 Å². The average molecular weight is 294 g/mol. The van der Waals surface area contributed by atoms with E-state index in [4.69, 9.17) is 23.7 Å². The van der Waals surface area contributed by atoms with Crippen LogP contribution < -0.4 is 14.2 Å². The van der Waals surface area contributed by atoms with Crippen LogP contribution in [0.2, 0.25) is 0 Å². The predicted molar refractivity (Wildman–Crippen MR) is 77.3 cm³/mol. The van der Waals surface area contributed by atoms with E-state index < -0.39 is 0 Å². The van der Waals surface area contributed by atoms with Crippen LogP contribution in [0.3, 0.4) is 0 Å². The van der Waals surface area contributed by atoms with Gasteiger partial charge >= 0.3 is 0 Å². The maximum Gasteiger partial charge on any atom is 0.126 e. The summed E-state index contributed by atoms with van der Waals surface area (Å²) in [6.07, 6.45) is 2.62. The van der Waals surface area contributed by atoms with Crippen molar-refractivity contribution in [3.8, 4) is 17.2 Å². The Hall–Kier alpha value is -1.46. The van der Waals surface area contributed by atoms with Crippen molar-refractivity contribution in [1.29, 1.82) is 0 Å². The Kier molecular flexibility index (Phi) is 4.83. The fourth-order valence-electron chi connectivity index (χ4n) is 2.05. The summed E-state index contributed by atoms with van der Waals surface area (Å²) in [6.45, 7) is 5.60. The first-order valence-electron chi connectivity index (χ1n) is 7.60. The number of hydrogen-bond donors (Lipinski definition) is 0. The van der Waals surface area contributed by atoms with Crippen LogP contribution in [-0.2, 0) is 9.47 Å². The van der Waals surface area contributed by atoms with Crippen molar-refractivity contribution >= 4 is 0 Å². The molecule has 0 saturated carbocycles. The Balaban J connectivity index is 1.54. The Morgan fingerprint density at radius 3 is 1.67 bits per heavy atom. The molecule has 2 aliphatic heterocycles. The molecule has 5 nitrogen and oxygen atoms in total. The minimum Gasteiger partial charge on any atom is -0.494 e. The number of rotatable bonds is 10. The molecule has 0 bridgehead atoms. The zero-order valence-electron chi connectivity index (χ0n) is 12.4. The number of epoxide rings is 2. The lowest BCUT2D eigenvalue weighted by molar-refractivity contribution is 0.267. The first kappa shape index (κ1) is 14.5. The standard InChI is InChI=1S/C16H22O5/c1-2-17-14-7-15(18-5-3-12-10-20-12)9-16(8-14)19-6-4-13-11-21-13/h7-9,12-13H,2-6,10-11H2,1H3. The summed E-state index contributed by atoms with van der Waals surface area (Å²) in [5.74, 6) is 2.33. The normalized spacial score (nSPS) is 22.7. The Bertz CT molecular complexity index is 418. The summed E-state index contributed by atoms with van der Waals surface area (Å²) in [7, 11) is 0. The van der Waals surface area contributed by atoms with Gasteiger partial charge in [0.15, 0.2) is 0 Å². The summed E-state index contributed by atoms with van der Waals surface area (Å²) < 4.78 is 27.4. The third-order valence-corrected chi connectivity index (χ3v) is 3.39. The molecular formula is C16H22O5. The topological polar surface area (TPSA) is 52.8 Å². The highest BCUT2D eigenvalue weighted by atomic mass is 16.6. The van der Waals surface area contributed by atoms with Crippen LogP contribution >= 0.6 is 0 Å². The van der Waals surface area contributed by atoms with Gasteiger partial charge in [0.1, 0.15) is 17.2 Å². The van der Waals surface area contributed by atoms with Crippen LogP contribution in [0.1, 0.15) is 19.8 Å². The quantitative estimate of drug-likeness (QED) is 0.620. The zero-order chi connectivity index (χ0) is 14.5. The van der Waals surface area contributed by atoms with Crippen LogP contribution in [0, 0.1) is 0 Å². The van der Waals surface area contributed by atoms with E-state index in [9.17, 15) is 0 Å².